The lowest BCUT2D eigenvalue weighted by molar-refractivity contribution is -0.150. The van der Waals surface area contributed by atoms with E-state index in [1.54, 1.807) is 41.5 Å². The van der Waals surface area contributed by atoms with Crippen LogP contribution in [0.5, 0.6) is 0 Å². The predicted octanol–water partition coefficient (Wildman–Crippen LogP) is 1.86. The van der Waals surface area contributed by atoms with Gasteiger partial charge in [-0.15, -0.1) is 0 Å². The first-order chi connectivity index (χ1) is 9.66. The van der Waals surface area contributed by atoms with Crippen LogP contribution in [-0.2, 0) is 14.3 Å². The maximum Gasteiger partial charge on any atom is 0.408 e. The first-order valence-corrected chi connectivity index (χ1v) is 7.16. The highest BCUT2D eigenvalue weighted by atomic mass is 16.6. The van der Waals surface area contributed by atoms with Crippen molar-refractivity contribution in [2.75, 3.05) is 7.05 Å². The van der Waals surface area contributed by atoms with Crippen molar-refractivity contribution in [2.45, 2.75) is 66.2 Å². The first-order valence-electron chi connectivity index (χ1n) is 7.16. The highest BCUT2D eigenvalue weighted by molar-refractivity contribution is 5.89. The van der Waals surface area contributed by atoms with Crippen LogP contribution < -0.4 is 5.32 Å². The minimum atomic E-state index is -1.11. The van der Waals surface area contributed by atoms with E-state index in [0.29, 0.717) is 0 Å². The van der Waals surface area contributed by atoms with Crippen molar-refractivity contribution < 1.29 is 24.2 Å². The molecule has 2 N–H and O–H groups in total. The number of rotatable bonds is 4. The Hall–Kier alpha value is -1.79. The molecule has 0 radical (unpaired) electrons. The molecule has 0 aliphatic carbocycles. The molecule has 0 unspecified atom stereocenters. The second kappa shape index (κ2) is 6.98. The fraction of sp³-hybridized carbons (Fsp3) is 0.800. The van der Waals surface area contributed by atoms with Crippen LogP contribution in [0.1, 0.15) is 48.5 Å². The number of nitrogens with one attached hydrogen (secondary N) is 1. The van der Waals surface area contributed by atoms with Crippen LogP contribution in [0.4, 0.5) is 4.79 Å². The lowest BCUT2D eigenvalue weighted by Crippen LogP contribution is -2.57. The van der Waals surface area contributed by atoms with E-state index in [-0.39, 0.29) is 0 Å². The van der Waals surface area contributed by atoms with E-state index in [9.17, 15) is 14.4 Å². The number of carbonyl (C=O) groups is 3. The summed E-state index contributed by atoms with van der Waals surface area (Å²) in [6.45, 7) is 11.9. The number of carboxylic acids is 1. The second-order valence-electron chi connectivity index (χ2n) is 7.41. The van der Waals surface area contributed by atoms with Crippen molar-refractivity contribution in [1.82, 2.24) is 10.2 Å². The Morgan fingerprint density at radius 1 is 1.09 bits per heavy atom. The van der Waals surface area contributed by atoms with E-state index < -0.39 is 41.1 Å². The Kier molecular flexibility index (Phi) is 6.41. The lowest BCUT2D eigenvalue weighted by atomic mass is 9.85. The number of amides is 2. The SMILES string of the molecule is C[C@@H](C(=O)O)N(C)C(=O)[C@@H](NC(=O)OC(C)(C)C)C(C)(C)C. The number of carboxylic acid groups (broad SMARTS) is 1. The van der Waals surface area contributed by atoms with Gasteiger partial charge in [0.05, 0.1) is 0 Å². The van der Waals surface area contributed by atoms with E-state index >= 15 is 0 Å². The summed E-state index contributed by atoms with van der Waals surface area (Å²) < 4.78 is 5.16. The third kappa shape index (κ3) is 6.32. The van der Waals surface area contributed by atoms with Gasteiger partial charge in [0.2, 0.25) is 5.91 Å². The molecule has 0 aliphatic heterocycles. The van der Waals surface area contributed by atoms with Gasteiger partial charge in [-0.05, 0) is 33.1 Å². The normalized spacial score (nSPS) is 14.7. The average Bonchev–Trinajstić information content (AvgIpc) is 2.29. The summed E-state index contributed by atoms with van der Waals surface area (Å²) in [5.74, 6) is -1.59. The molecule has 0 rings (SSSR count). The quantitative estimate of drug-likeness (QED) is 0.825. The third-order valence-corrected chi connectivity index (χ3v) is 3.06. The van der Waals surface area contributed by atoms with Crippen LogP contribution in [0.2, 0.25) is 0 Å². The number of alkyl carbamates (subject to hydrolysis) is 1. The van der Waals surface area contributed by atoms with Crippen LogP contribution in [0.25, 0.3) is 0 Å². The smallest absolute Gasteiger partial charge is 0.408 e. The minimum absolute atomic E-state index is 0.478. The van der Waals surface area contributed by atoms with Crippen molar-refractivity contribution >= 4 is 18.0 Å². The molecular weight excluding hydrogens is 288 g/mol. The Morgan fingerprint density at radius 2 is 1.55 bits per heavy atom. The van der Waals surface area contributed by atoms with Gasteiger partial charge < -0.3 is 20.1 Å². The standard InChI is InChI=1S/C15H28N2O5/c1-9(12(19)20)17(8)11(18)10(14(2,3)4)16-13(21)22-15(5,6)7/h9-10H,1-8H3,(H,16,21)(H,19,20)/t9-,10+/m0/s1. The molecule has 0 saturated carbocycles. The Bertz CT molecular complexity index is 434. The van der Waals surface area contributed by atoms with E-state index in [2.05, 4.69) is 5.32 Å². The van der Waals surface area contributed by atoms with Gasteiger partial charge in [0.15, 0.2) is 0 Å². The van der Waals surface area contributed by atoms with Gasteiger partial charge in [-0.2, -0.15) is 0 Å². The average molecular weight is 316 g/mol. The molecule has 0 fully saturated rings. The van der Waals surface area contributed by atoms with Crippen molar-refractivity contribution in [3.05, 3.63) is 0 Å². The van der Waals surface area contributed by atoms with Crippen LogP contribution in [0, 0.1) is 5.41 Å². The molecule has 22 heavy (non-hydrogen) atoms. The fourth-order valence-corrected chi connectivity index (χ4v) is 1.63. The number of hydrogen-bond acceptors (Lipinski definition) is 4. The molecule has 128 valence electrons. The zero-order valence-electron chi connectivity index (χ0n) is 14.7. The summed E-state index contributed by atoms with van der Waals surface area (Å²) in [5, 5.41) is 11.6. The van der Waals surface area contributed by atoms with Crippen LogP contribution in [0.3, 0.4) is 0 Å². The van der Waals surface area contributed by atoms with Crippen LogP contribution >= 0.6 is 0 Å². The number of nitrogens with zero attached hydrogens (tertiary/aromatic N) is 1. The Labute approximate surface area is 132 Å². The monoisotopic (exact) mass is 316 g/mol. The summed E-state index contributed by atoms with van der Waals surface area (Å²) >= 11 is 0. The second-order valence-corrected chi connectivity index (χ2v) is 7.41. The number of likely N-dealkylation sites (N-methyl/N-ethyl adjacent to an activating group) is 1. The van der Waals surface area contributed by atoms with Crippen molar-refractivity contribution in [3.8, 4) is 0 Å². The molecule has 0 saturated heterocycles. The van der Waals surface area contributed by atoms with E-state index in [4.69, 9.17) is 9.84 Å². The topological polar surface area (TPSA) is 95.9 Å². The molecule has 0 bridgehead atoms. The minimum Gasteiger partial charge on any atom is -0.480 e. The molecule has 2 amide bonds. The molecule has 0 heterocycles. The summed E-state index contributed by atoms with van der Waals surface area (Å²) in [7, 11) is 1.40. The van der Waals surface area contributed by atoms with E-state index in [1.807, 2.05) is 0 Å². The van der Waals surface area contributed by atoms with Gasteiger partial charge in [0.25, 0.3) is 0 Å². The van der Waals surface area contributed by atoms with Gasteiger partial charge >= 0.3 is 12.1 Å². The Morgan fingerprint density at radius 3 is 1.86 bits per heavy atom. The summed E-state index contributed by atoms with van der Waals surface area (Å²) in [6.07, 6.45) is -0.711. The van der Waals surface area contributed by atoms with Gasteiger partial charge in [-0.1, -0.05) is 20.8 Å². The highest BCUT2D eigenvalue weighted by Gasteiger charge is 2.38. The lowest BCUT2D eigenvalue weighted by Gasteiger charge is -2.35. The molecular formula is C15H28N2O5. The van der Waals surface area contributed by atoms with Crippen LogP contribution in [-0.4, -0.2) is 52.7 Å². The van der Waals surface area contributed by atoms with Gasteiger partial charge in [0.1, 0.15) is 17.7 Å². The number of ether oxygens (including phenoxy) is 1. The summed E-state index contributed by atoms with van der Waals surface area (Å²) in [6, 6.07) is -1.88. The molecule has 7 heteroatoms. The first kappa shape index (κ1) is 20.2. The molecule has 0 aromatic rings. The summed E-state index contributed by atoms with van der Waals surface area (Å²) in [4.78, 5) is 36.6. The van der Waals surface area contributed by atoms with E-state index in [1.165, 1.54) is 14.0 Å². The van der Waals surface area contributed by atoms with Crippen molar-refractivity contribution in [1.29, 1.82) is 0 Å². The fourth-order valence-electron chi connectivity index (χ4n) is 1.63. The van der Waals surface area contributed by atoms with Crippen LogP contribution in [0.15, 0.2) is 0 Å². The van der Waals surface area contributed by atoms with Crippen molar-refractivity contribution in [2.24, 2.45) is 5.41 Å². The Balaban J connectivity index is 5.20. The molecule has 7 nitrogen and oxygen atoms in total. The zero-order chi connectivity index (χ0) is 17.9. The van der Waals surface area contributed by atoms with E-state index in [0.717, 1.165) is 4.90 Å². The van der Waals surface area contributed by atoms with Gasteiger partial charge in [0, 0.05) is 7.05 Å². The predicted molar refractivity (Wildman–Crippen MR) is 82.5 cm³/mol. The van der Waals surface area contributed by atoms with Gasteiger partial charge in [-0.3, -0.25) is 4.79 Å². The third-order valence-electron chi connectivity index (χ3n) is 3.06. The number of carbonyl (C=O) groups excluding carboxylic acids is 2. The molecule has 0 aliphatic rings. The molecule has 2 atom stereocenters. The number of hydrogen-bond donors (Lipinski definition) is 2. The molecule has 0 spiro atoms. The van der Waals surface area contributed by atoms with Gasteiger partial charge in [-0.25, -0.2) is 9.59 Å². The number of aliphatic carboxylic acids is 1. The maximum atomic E-state index is 12.5. The zero-order valence-corrected chi connectivity index (χ0v) is 14.7. The largest absolute Gasteiger partial charge is 0.480 e. The molecule has 0 aromatic heterocycles. The van der Waals surface area contributed by atoms with Crippen molar-refractivity contribution in [3.63, 3.8) is 0 Å². The maximum absolute atomic E-state index is 12.5. The highest BCUT2D eigenvalue weighted by Crippen LogP contribution is 2.22. The summed E-state index contributed by atoms with van der Waals surface area (Å²) in [5.41, 5.74) is -1.28. The molecule has 0 aromatic carbocycles.